The molecule has 0 bridgehead atoms. The molecule has 2 aliphatic rings. The monoisotopic (exact) mass is 461 g/mol. The van der Waals surface area contributed by atoms with Crippen molar-refractivity contribution < 1.29 is 23.8 Å². The fourth-order valence-corrected chi connectivity index (χ4v) is 4.30. The van der Waals surface area contributed by atoms with E-state index in [9.17, 15) is 9.59 Å². The highest BCUT2D eigenvalue weighted by molar-refractivity contribution is 5.72. The number of piperazine rings is 1. The summed E-state index contributed by atoms with van der Waals surface area (Å²) in [6.07, 6.45) is -0.304. The summed E-state index contributed by atoms with van der Waals surface area (Å²) in [5.41, 5.74) is 0.413. The van der Waals surface area contributed by atoms with Gasteiger partial charge in [-0.25, -0.2) is 4.79 Å². The smallest absolute Gasteiger partial charge is 0.410 e. The number of esters is 1. The first-order valence-electron chi connectivity index (χ1n) is 11.9. The summed E-state index contributed by atoms with van der Waals surface area (Å²) in [6, 6.07) is 9.91. The predicted molar refractivity (Wildman–Crippen MR) is 126 cm³/mol. The molecule has 1 aromatic carbocycles. The van der Waals surface area contributed by atoms with Gasteiger partial charge >= 0.3 is 12.1 Å². The molecule has 8 nitrogen and oxygen atoms in total. The number of rotatable bonds is 6. The maximum atomic E-state index is 12.9. The number of carbonyl (C=O) groups excluding carboxylic acids is 2. The highest BCUT2D eigenvalue weighted by Gasteiger charge is 2.38. The van der Waals surface area contributed by atoms with E-state index in [0.717, 1.165) is 18.7 Å². The molecule has 2 heterocycles. The predicted octanol–water partition coefficient (Wildman–Crippen LogP) is 2.76. The van der Waals surface area contributed by atoms with Crippen molar-refractivity contribution in [2.24, 2.45) is 0 Å². The van der Waals surface area contributed by atoms with Gasteiger partial charge < -0.3 is 19.1 Å². The van der Waals surface area contributed by atoms with Crippen molar-refractivity contribution in [3.8, 4) is 0 Å². The van der Waals surface area contributed by atoms with Crippen LogP contribution in [-0.2, 0) is 25.6 Å². The Morgan fingerprint density at radius 2 is 1.79 bits per heavy atom. The lowest BCUT2D eigenvalue weighted by atomic mass is 10.1. The van der Waals surface area contributed by atoms with E-state index >= 15 is 0 Å². The largest absolute Gasteiger partial charge is 0.460 e. The molecule has 1 amide bonds. The van der Waals surface area contributed by atoms with E-state index in [2.05, 4.69) is 16.7 Å². The topological polar surface area (TPSA) is 71.6 Å². The van der Waals surface area contributed by atoms with Crippen LogP contribution in [0.3, 0.4) is 0 Å². The van der Waals surface area contributed by atoms with Gasteiger partial charge in [-0.1, -0.05) is 30.3 Å². The summed E-state index contributed by atoms with van der Waals surface area (Å²) >= 11 is 0. The molecule has 2 saturated heterocycles. The van der Waals surface area contributed by atoms with Gasteiger partial charge in [-0.05, 0) is 40.2 Å². The van der Waals surface area contributed by atoms with Gasteiger partial charge in [0.05, 0.1) is 19.8 Å². The van der Waals surface area contributed by atoms with Crippen LogP contribution in [0.1, 0.15) is 40.2 Å². The van der Waals surface area contributed by atoms with Gasteiger partial charge in [0.15, 0.2) is 0 Å². The molecule has 1 unspecified atom stereocenters. The van der Waals surface area contributed by atoms with Crippen LogP contribution >= 0.6 is 0 Å². The van der Waals surface area contributed by atoms with E-state index < -0.39 is 5.60 Å². The second kappa shape index (κ2) is 11.3. The minimum atomic E-state index is -0.552. The van der Waals surface area contributed by atoms with Gasteiger partial charge in [0.1, 0.15) is 12.2 Å². The zero-order chi connectivity index (χ0) is 24.0. The molecule has 33 heavy (non-hydrogen) atoms. The fourth-order valence-electron chi connectivity index (χ4n) is 4.30. The Hall–Kier alpha value is -2.16. The zero-order valence-electron chi connectivity index (χ0n) is 20.7. The first kappa shape index (κ1) is 25.5. The maximum Gasteiger partial charge on any atom is 0.410 e. The van der Waals surface area contributed by atoms with E-state index in [1.807, 2.05) is 58.0 Å². The van der Waals surface area contributed by atoms with Crippen LogP contribution in [-0.4, -0.2) is 96.4 Å². The Bertz CT molecular complexity index is 782. The van der Waals surface area contributed by atoms with E-state index in [-0.39, 0.29) is 37.3 Å². The summed E-state index contributed by atoms with van der Waals surface area (Å²) < 4.78 is 16.8. The van der Waals surface area contributed by atoms with Gasteiger partial charge in [-0.15, -0.1) is 0 Å². The number of benzene rings is 1. The minimum Gasteiger partial charge on any atom is -0.460 e. The van der Waals surface area contributed by atoms with Crippen molar-refractivity contribution in [3.63, 3.8) is 0 Å². The molecule has 3 atom stereocenters. The van der Waals surface area contributed by atoms with Crippen molar-refractivity contribution in [1.82, 2.24) is 14.7 Å². The molecule has 0 spiro atoms. The first-order chi connectivity index (χ1) is 15.6. The number of hydrogen-bond donors (Lipinski definition) is 0. The molecule has 1 aromatic rings. The lowest BCUT2D eigenvalue weighted by Crippen LogP contribution is -2.63. The molecular weight excluding hydrogens is 422 g/mol. The van der Waals surface area contributed by atoms with Crippen molar-refractivity contribution in [3.05, 3.63) is 35.9 Å². The Morgan fingerprint density at radius 3 is 2.45 bits per heavy atom. The van der Waals surface area contributed by atoms with Crippen molar-refractivity contribution in [2.45, 2.75) is 65.0 Å². The zero-order valence-corrected chi connectivity index (χ0v) is 20.7. The Kier molecular flexibility index (Phi) is 8.73. The molecule has 0 saturated carbocycles. The third-order valence-corrected chi connectivity index (χ3v) is 6.11. The number of morpholine rings is 1. The molecule has 2 fully saturated rings. The van der Waals surface area contributed by atoms with E-state index in [1.165, 1.54) is 0 Å². The van der Waals surface area contributed by atoms with Gasteiger partial charge in [0, 0.05) is 44.3 Å². The second-order valence-electron chi connectivity index (χ2n) is 10.1. The van der Waals surface area contributed by atoms with E-state index in [4.69, 9.17) is 14.2 Å². The number of ether oxygens (including phenoxy) is 3. The highest BCUT2D eigenvalue weighted by Crippen LogP contribution is 2.21. The van der Waals surface area contributed by atoms with Crippen LogP contribution in [0.4, 0.5) is 4.79 Å². The normalized spacial score (nSPS) is 25.0. The average molecular weight is 462 g/mol. The van der Waals surface area contributed by atoms with Crippen molar-refractivity contribution >= 4 is 12.1 Å². The van der Waals surface area contributed by atoms with Crippen LogP contribution in [0, 0.1) is 0 Å². The molecule has 0 radical (unpaired) electrons. The van der Waals surface area contributed by atoms with E-state index in [0.29, 0.717) is 32.3 Å². The molecule has 8 heteroatoms. The number of amides is 1. The van der Waals surface area contributed by atoms with Gasteiger partial charge in [0.25, 0.3) is 0 Å². The van der Waals surface area contributed by atoms with Crippen LogP contribution in [0.25, 0.3) is 0 Å². The standard InChI is InChI=1S/C25H39N3O5/c1-19-13-27(16-23(29)32-18-21-9-7-6-8-10-21)22(14-26-11-12-31-17-20(26)2)15-28(19)24(30)33-25(3,4)5/h6-10,19-20,22H,11-18H2,1-5H3/t19-,20?,22+/m1/s1. The van der Waals surface area contributed by atoms with Crippen LogP contribution in [0.5, 0.6) is 0 Å². The lowest BCUT2D eigenvalue weighted by Gasteiger charge is -2.47. The summed E-state index contributed by atoms with van der Waals surface area (Å²) in [6.45, 7) is 14.3. The maximum absolute atomic E-state index is 12.9. The third-order valence-electron chi connectivity index (χ3n) is 6.11. The van der Waals surface area contributed by atoms with Crippen molar-refractivity contribution in [1.29, 1.82) is 0 Å². The number of carbonyl (C=O) groups is 2. The molecule has 2 aliphatic heterocycles. The molecule has 3 rings (SSSR count). The first-order valence-corrected chi connectivity index (χ1v) is 11.9. The van der Waals surface area contributed by atoms with Crippen LogP contribution in [0.2, 0.25) is 0 Å². The van der Waals surface area contributed by atoms with Gasteiger partial charge in [0.2, 0.25) is 0 Å². The summed E-state index contributed by atoms with van der Waals surface area (Å²) in [5, 5.41) is 0. The summed E-state index contributed by atoms with van der Waals surface area (Å²) in [4.78, 5) is 31.9. The van der Waals surface area contributed by atoms with Gasteiger partial charge in [-0.2, -0.15) is 0 Å². The summed E-state index contributed by atoms with van der Waals surface area (Å²) in [7, 11) is 0. The Labute approximate surface area is 197 Å². The fraction of sp³-hybridized carbons (Fsp3) is 0.680. The Balaban J connectivity index is 1.67. The SMILES string of the molecule is CC1COCCN1C[C@H]1CN(C(=O)OC(C)(C)C)[C@H](C)CN1CC(=O)OCc1ccccc1. The highest BCUT2D eigenvalue weighted by atomic mass is 16.6. The van der Waals surface area contributed by atoms with Crippen molar-refractivity contribution in [2.75, 3.05) is 45.9 Å². The minimum absolute atomic E-state index is 0.00135. The summed E-state index contributed by atoms with van der Waals surface area (Å²) in [5.74, 6) is -0.253. The number of hydrogen-bond acceptors (Lipinski definition) is 7. The molecule has 0 aliphatic carbocycles. The lowest BCUT2D eigenvalue weighted by molar-refractivity contribution is -0.148. The molecular formula is C25H39N3O5. The quantitative estimate of drug-likeness (QED) is 0.603. The average Bonchev–Trinajstić information content (AvgIpc) is 2.75. The third kappa shape index (κ3) is 7.69. The Morgan fingerprint density at radius 1 is 1.06 bits per heavy atom. The molecule has 0 aromatic heterocycles. The molecule has 0 N–H and O–H groups in total. The second-order valence-corrected chi connectivity index (χ2v) is 10.1. The van der Waals surface area contributed by atoms with Crippen LogP contribution < -0.4 is 0 Å². The number of nitrogens with zero attached hydrogens (tertiary/aromatic N) is 3. The van der Waals surface area contributed by atoms with Crippen LogP contribution in [0.15, 0.2) is 30.3 Å². The van der Waals surface area contributed by atoms with E-state index in [1.54, 1.807) is 4.90 Å². The van der Waals surface area contributed by atoms with Gasteiger partial charge in [-0.3, -0.25) is 14.6 Å². The molecule has 184 valence electrons.